The lowest BCUT2D eigenvalue weighted by Crippen LogP contribution is -2.15. The summed E-state index contributed by atoms with van der Waals surface area (Å²) in [6.07, 6.45) is 1.42. The number of H-pyrrole nitrogens is 1. The van der Waals surface area contributed by atoms with Crippen LogP contribution in [-0.4, -0.2) is 33.8 Å². The van der Waals surface area contributed by atoms with Gasteiger partial charge in [-0.3, -0.25) is 9.89 Å². The summed E-state index contributed by atoms with van der Waals surface area (Å²) < 4.78 is 11.6. The Bertz CT molecular complexity index is 925. The molecule has 24 heavy (non-hydrogen) atoms. The molecule has 124 valence electrons. The highest BCUT2D eigenvalue weighted by atomic mass is 16.5. The Hall–Kier alpha value is -3.09. The summed E-state index contributed by atoms with van der Waals surface area (Å²) in [5, 5.41) is 2.72. The van der Waals surface area contributed by atoms with E-state index in [0.717, 1.165) is 11.3 Å². The van der Waals surface area contributed by atoms with Gasteiger partial charge in [0.2, 0.25) is 0 Å². The van der Waals surface area contributed by atoms with Crippen LogP contribution in [0.15, 0.2) is 41.3 Å². The summed E-state index contributed by atoms with van der Waals surface area (Å²) in [5.41, 5.74) is 1.40. The predicted octanol–water partition coefficient (Wildman–Crippen LogP) is 2.27. The van der Waals surface area contributed by atoms with Gasteiger partial charge >= 0.3 is 5.97 Å². The molecule has 0 amide bonds. The van der Waals surface area contributed by atoms with Crippen molar-refractivity contribution in [3.63, 3.8) is 0 Å². The lowest BCUT2D eigenvalue weighted by atomic mass is 10.1. The van der Waals surface area contributed by atoms with Crippen LogP contribution in [0.1, 0.15) is 24.2 Å². The number of carbonyl (C=O) groups is 1. The first-order valence-electron chi connectivity index (χ1n) is 7.65. The molecule has 0 saturated carbocycles. The quantitative estimate of drug-likeness (QED) is 0.727. The highest BCUT2D eigenvalue weighted by molar-refractivity contribution is 5.95. The van der Waals surface area contributed by atoms with Crippen LogP contribution in [0.3, 0.4) is 0 Å². The minimum atomic E-state index is -0.521. The molecule has 3 rings (SSSR count). The molecule has 0 atom stereocenters. The van der Waals surface area contributed by atoms with Gasteiger partial charge in [-0.2, -0.15) is 0 Å². The Balaban J connectivity index is 2.07. The first kappa shape index (κ1) is 15.8. The number of hydrogen-bond acceptors (Lipinski definition) is 5. The lowest BCUT2D eigenvalue weighted by Gasteiger charge is -2.05. The molecule has 0 aliphatic rings. The summed E-state index contributed by atoms with van der Waals surface area (Å²) >= 11 is 0. The van der Waals surface area contributed by atoms with Crippen molar-refractivity contribution in [1.82, 2.24) is 14.6 Å². The number of rotatable bonds is 5. The van der Waals surface area contributed by atoms with Crippen molar-refractivity contribution in [2.75, 3.05) is 13.2 Å². The summed E-state index contributed by atoms with van der Waals surface area (Å²) in [6.45, 7) is 4.46. The number of carbonyl (C=O) groups excluding carboxylic acids is 1. The van der Waals surface area contributed by atoms with E-state index in [1.165, 1.54) is 16.8 Å². The SMILES string of the molecule is CCOC(=O)c1c[nH]n2c(=O)cc(-c3ccc(OCC)cc3)nc12. The second-order valence-electron chi connectivity index (χ2n) is 5.00. The number of esters is 1. The number of nitrogens with one attached hydrogen (secondary N) is 1. The molecule has 7 nitrogen and oxygen atoms in total. The molecule has 7 heteroatoms. The van der Waals surface area contributed by atoms with E-state index < -0.39 is 5.97 Å². The zero-order chi connectivity index (χ0) is 17.1. The van der Waals surface area contributed by atoms with Crippen LogP contribution in [0, 0.1) is 0 Å². The lowest BCUT2D eigenvalue weighted by molar-refractivity contribution is 0.0528. The molecule has 2 heterocycles. The van der Waals surface area contributed by atoms with Crippen molar-refractivity contribution in [3.05, 3.63) is 52.4 Å². The zero-order valence-corrected chi connectivity index (χ0v) is 13.4. The summed E-state index contributed by atoms with van der Waals surface area (Å²) in [5.74, 6) is 0.222. The van der Waals surface area contributed by atoms with Crippen molar-refractivity contribution in [2.45, 2.75) is 13.8 Å². The fourth-order valence-corrected chi connectivity index (χ4v) is 2.38. The third-order valence-corrected chi connectivity index (χ3v) is 3.45. The average Bonchev–Trinajstić information content (AvgIpc) is 3.01. The van der Waals surface area contributed by atoms with Gasteiger partial charge in [-0.05, 0) is 38.1 Å². The van der Waals surface area contributed by atoms with E-state index in [1.54, 1.807) is 6.92 Å². The molecule has 0 bridgehead atoms. The Morgan fingerprint density at radius 1 is 1.21 bits per heavy atom. The van der Waals surface area contributed by atoms with Gasteiger partial charge in [0.1, 0.15) is 11.3 Å². The normalized spacial score (nSPS) is 10.8. The summed E-state index contributed by atoms with van der Waals surface area (Å²) in [6, 6.07) is 8.67. The number of hydrogen-bond donors (Lipinski definition) is 1. The van der Waals surface area contributed by atoms with Gasteiger partial charge in [0.05, 0.1) is 18.9 Å². The molecular formula is C17H17N3O4. The first-order valence-corrected chi connectivity index (χ1v) is 7.65. The molecule has 3 aromatic rings. The van der Waals surface area contributed by atoms with E-state index in [9.17, 15) is 9.59 Å². The number of benzene rings is 1. The average molecular weight is 327 g/mol. The molecule has 2 aromatic heterocycles. The number of aromatic amines is 1. The minimum absolute atomic E-state index is 0.224. The smallest absolute Gasteiger partial charge is 0.343 e. The fourth-order valence-electron chi connectivity index (χ4n) is 2.38. The van der Waals surface area contributed by atoms with Crippen LogP contribution in [-0.2, 0) is 4.74 Å². The highest BCUT2D eigenvalue weighted by Crippen LogP contribution is 2.21. The van der Waals surface area contributed by atoms with E-state index in [4.69, 9.17) is 9.47 Å². The Labute approximate surface area is 137 Å². The standard InChI is InChI=1S/C17H17N3O4/c1-3-23-12-7-5-11(6-8-12)14-9-15(21)20-16(19-14)13(10-18-20)17(22)24-4-2/h5-10,18H,3-4H2,1-2H3. The topological polar surface area (TPSA) is 85.7 Å². The molecule has 0 radical (unpaired) electrons. The van der Waals surface area contributed by atoms with E-state index in [0.29, 0.717) is 12.3 Å². The van der Waals surface area contributed by atoms with Gasteiger partial charge < -0.3 is 9.47 Å². The molecule has 0 aliphatic heterocycles. The third kappa shape index (κ3) is 2.88. The van der Waals surface area contributed by atoms with Crippen molar-refractivity contribution in [2.24, 2.45) is 0 Å². The molecule has 0 unspecified atom stereocenters. The van der Waals surface area contributed by atoms with Gasteiger partial charge in [-0.15, -0.1) is 0 Å². The van der Waals surface area contributed by atoms with Crippen molar-refractivity contribution in [3.8, 4) is 17.0 Å². The Morgan fingerprint density at radius 3 is 2.62 bits per heavy atom. The molecule has 0 spiro atoms. The predicted molar refractivity (Wildman–Crippen MR) is 88.4 cm³/mol. The van der Waals surface area contributed by atoms with Crippen molar-refractivity contribution < 1.29 is 14.3 Å². The van der Waals surface area contributed by atoms with E-state index in [1.807, 2.05) is 31.2 Å². The van der Waals surface area contributed by atoms with Gasteiger partial charge in [0.15, 0.2) is 5.65 Å². The summed E-state index contributed by atoms with van der Waals surface area (Å²) in [7, 11) is 0. The second-order valence-corrected chi connectivity index (χ2v) is 5.00. The van der Waals surface area contributed by atoms with Crippen LogP contribution >= 0.6 is 0 Å². The second kappa shape index (κ2) is 6.57. The van der Waals surface area contributed by atoms with Gasteiger partial charge in [0, 0.05) is 17.8 Å². The highest BCUT2D eigenvalue weighted by Gasteiger charge is 2.17. The molecular weight excluding hydrogens is 310 g/mol. The van der Waals surface area contributed by atoms with Crippen molar-refractivity contribution in [1.29, 1.82) is 0 Å². The fraction of sp³-hybridized carbons (Fsp3) is 0.235. The van der Waals surface area contributed by atoms with Crippen LogP contribution in [0.5, 0.6) is 5.75 Å². The van der Waals surface area contributed by atoms with Gasteiger partial charge in [0.25, 0.3) is 5.56 Å². The maximum Gasteiger partial charge on any atom is 0.343 e. The Morgan fingerprint density at radius 2 is 1.96 bits per heavy atom. The number of aromatic nitrogens is 3. The first-order chi connectivity index (χ1) is 11.6. The minimum Gasteiger partial charge on any atom is -0.494 e. The van der Waals surface area contributed by atoms with Crippen LogP contribution in [0.2, 0.25) is 0 Å². The molecule has 1 aromatic carbocycles. The summed E-state index contributed by atoms with van der Waals surface area (Å²) in [4.78, 5) is 28.7. The number of ether oxygens (including phenoxy) is 2. The third-order valence-electron chi connectivity index (χ3n) is 3.45. The monoisotopic (exact) mass is 327 g/mol. The zero-order valence-electron chi connectivity index (χ0n) is 13.4. The maximum atomic E-state index is 12.3. The van der Waals surface area contributed by atoms with Gasteiger partial charge in [-0.1, -0.05) is 0 Å². The van der Waals surface area contributed by atoms with Crippen LogP contribution in [0.25, 0.3) is 16.9 Å². The van der Waals surface area contributed by atoms with Crippen LogP contribution in [0.4, 0.5) is 0 Å². The maximum absolute atomic E-state index is 12.3. The van der Waals surface area contributed by atoms with E-state index in [2.05, 4.69) is 10.1 Å². The molecule has 0 fully saturated rings. The molecule has 0 aliphatic carbocycles. The van der Waals surface area contributed by atoms with E-state index >= 15 is 0 Å². The molecule has 1 N–H and O–H groups in total. The van der Waals surface area contributed by atoms with E-state index in [-0.39, 0.29) is 23.4 Å². The molecule has 0 saturated heterocycles. The number of nitrogens with zero attached hydrogens (tertiary/aromatic N) is 2. The largest absolute Gasteiger partial charge is 0.494 e. The van der Waals surface area contributed by atoms with Crippen LogP contribution < -0.4 is 10.3 Å². The van der Waals surface area contributed by atoms with Crippen molar-refractivity contribution >= 4 is 11.6 Å². The van der Waals surface area contributed by atoms with Gasteiger partial charge in [-0.25, -0.2) is 14.3 Å². The number of fused-ring (bicyclic) bond motifs is 1. The Kier molecular flexibility index (Phi) is 4.33.